The molecule has 0 radical (unpaired) electrons. The first kappa shape index (κ1) is 27.5. The lowest BCUT2D eigenvalue weighted by molar-refractivity contribution is 0.669. The second kappa shape index (κ2) is 11.0. The van der Waals surface area contributed by atoms with Crippen LogP contribution in [-0.4, -0.2) is 4.57 Å². The van der Waals surface area contributed by atoms with E-state index in [0.717, 1.165) is 44.7 Å². The maximum absolute atomic E-state index is 6.72. The van der Waals surface area contributed by atoms with E-state index in [1.54, 1.807) is 0 Å². The van der Waals surface area contributed by atoms with Crippen molar-refractivity contribution in [2.45, 2.75) is 0 Å². The lowest BCUT2D eigenvalue weighted by Gasteiger charge is -2.27. The van der Waals surface area contributed by atoms with Gasteiger partial charge in [-0.05, 0) is 77.2 Å². The molecule has 0 fully saturated rings. The van der Waals surface area contributed by atoms with Crippen molar-refractivity contribution in [2.75, 3.05) is 4.90 Å². The molecular weight excluding hydrogens is 597 g/mol. The molecule has 49 heavy (non-hydrogen) atoms. The topological polar surface area (TPSA) is 21.3 Å². The van der Waals surface area contributed by atoms with E-state index in [9.17, 15) is 0 Å². The molecule has 0 saturated carbocycles. The highest BCUT2D eigenvalue weighted by atomic mass is 16.3. The molecule has 0 atom stereocenters. The van der Waals surface area contributed by atoms with Crippen molar-refractivity contribution in [3.63, 3.8) is 0 Å². The Balaban J connectivity index is 1.19. The molecule has 0 spiro atoms. The Bertz CT molecular complexity index is 2810. The van der Waals surface area contributed by atoms with E-state index in [4.69, 9.17) is 4.42 Å². The number of nitrogens with zero attached hydrogens (tertiary/aromatic N) is 2. The minimum Gasteiger partial charge on any atom is -0.456 e. The van der Waals surface area contributed by atoms with Crippen molar-refractivity contribution >= 4 is 71.6 Å². The molecule has 0 aliphatic heterocycles. The van der Waals surface area contributed by atoms with Crippen LogP contribution in [0, 0.1) is 0 Å². The van der Waals surface area contributed by atoms with Crippen LogP contribution in [0.15, 0.2) is 186 Å². The highest BCUT2D eigenvalue weighted by Gasteiger charge is 2.21. The molecule has 8 aromatic carbocycles. The number of fused-ring (bicyclic) bond motifs is 8. The fraction of sp³-hybridized carbons (Fsp3) is 0. The third kappa shape index (κ3) is 4.37. The Morgan fingerprint density at radius 2 is 1.08 bits per heavy atom. The van der Waals surface area contributed by atoms with Gasteiger partial charge < -0.3 is 13.9 Å². The number of anilines is 3. The Labute approximate surface area is 283 Å². The first-order valence-corrected chi connectivity index (χ1v) is 16.7. The molecule has 0 N–H and O–H groups in total. The molecule has 10 aromatic rings. The van der Waals surface area contributed by atoms with Crippen LogP contribution in [0.3, 0.4) is 0 Å². The van der Waals surface area contributed by atoms with Gasteiger partial charge in [0.25, 0.3) is 0 Å². The number of rotatable bonds is 5. The summed E-state index contributed by atoms with van der Waals surface area (Å²) in [6.07, 6.45) is 0. The van der Waals surface area contributed by atoms with Gasteiger partial charge in [-0.2, -0.15) is 0 Å². The maximum atomic E-state index is 6.72. The van der Waals surface area contributed by atoms with Gasteiger partial charge in [0.05, 0.1) is 16.7 Å². The third-order valence-corrected chi connectivity index (χ3v) is 9.77. The summed E-state index contributed by atoms with van der Waals surface area (Å²) in [5.74, 6) is 0. The highest BCUT2D eigenvalue weighted by molar-refractivity contribution is 6.27. The van der Waals surface area contributed by atoms with Gasteiger partial charge in [-0.15, -0.1) is 0 Å². The summed E-state index contributed by atoms with van der Waals surface area (Å²) in [5, 5.41) is 7.08. The third-order valence-electron chi connectivity index (χ3n) is 9.77. The Morgan fingerprint density at radius 3 is 1.92 bits per heavy atom. The van der Waals surface area contributed by atoms with Gasteiger partial charge in [-0.25, -0.2) is 0 Å². The lowest BCUT2D eigenvalue weighted by atomic mass is 10.0. The molecule has 2 heterocycles. The smallest absolute Gasteiger partial charge is 0.137 e. The van der Waals surface area contributed by atoms with E-state index in [2.05, 4.69) is 191 Å². The van der Waals surface area contributed by atoms with Crippen molar-refractivity contribution in [3.05, 3.63) is 182 Å². The number of benzene rings is 8. The van der Waals surface area contributed by atoms with Gasteiger partial charge in [0.2, 0.25) is 0 Å². The van der Waals surface area contributed by atoms with E-state index in [-0.39, 0.29) is 0 Å². The summed E-state index contributed by atoms with van der Waals surface area (Å²) >= 11 is 0. The normalized spacial score (nSPS) is 11.7. The van der Waals surface area contributed by atoms with Crippen LogP contribution in [0.25, 0.3) is 71.3 Å². The molecule has 2 aromatic heterocycles. The Morgan fingerprint density at radius 1 is 0.408 bits per heavy atom. The van der Waals surface area contributed by atoms with Crippen LogP contribution in [0.2, 0.25) is 0 Å². The van der Waals surface area contributed by atoms with Gasteiger partial charge >= 0.3 is 0 Å². The SMILES string of the molecule is c1ccc(-c2ccc(N(c3ccc4c(c3)oc3ccc5c(c6ccccc6n5-c5ccccc5)c34)c3cccc4ccccc34)cc2)cc1. The average Bonchev–Trinajstić information content (AvgIpc) is 3.71. The van der Waals surface area contributed by atoms with Crippen molar-refractivity contribution in [1.29, 1.82) is 0 Å². The quantitative estimate of drug-likeness (QED) is 0.190. The molecule has 3 nitrogen and oxygen atoms in total. The summed E-state index contributed by atoms with van der Waals surface area (Å²) in [6.45, 7) is 0. The monoisotopic (exact) mass is 626 g/mol. The number of para-hydroxylation sites is 2. The Hall–Kier alpha value is -6.58. The molecule has 0 saturated heterocycles. The van der Waals surface area contributed by atoms with Crippen LogP contribution >= 0.6 is 0 Å². The van der Waals surface area contributed by atoms with Gasteiger partial charge in [0.1, 0.15) is 11.2 Å². The molecule has 0 bridgehead atoms. The minimum absolute atomic E-state index is 0.864. The number of hydrogen-bond acceptors (Lipinski definition) is 2. The number of aromatic nitrogens is 1. The molecule has 230 valence electrons. The molecule has 10 rings (SSSR count). The summed E-state index contributed by atoms with van der Waals surface area (Å²) in [7, 11) is 0. The zero-order valence-electron chi connectivity index (χ0n) is 26.6. The predicted molar refractivity (Wildman–Crippen MR) is 206 cm³/mol. The molecule has 0 amide bonds. The van der Waals surface area contributed by atoms with Crippen LogP contribution in [0.5, 0.6) is 0 Å². The van der Waals surface area contributed by atoms with Crippen molar-refractivity contribution in [3.8, 4) is 16.8 Å². The lowest BCUT2D eigenvalue weighted by Crippen LogP contribution is -2.10. The van der Waals surface area contributed by atoms with Crippen LogP contribution < -0.4 is 4.90 Å². The molecule has 0 aliphatic carbocycles. The number of furan rings is 1. The van der Waals surface area contributed by atoms with E-state index in [1.165, 1.54) is 43.7 Å². The van der Waals surface area contributed by atoms with Gasteiger partial charge in [0, 0.05) is 50.1 Å². The second-order valence-corrected chi connectivity index (χ2v) is 12.6. The Kier molecular flexibility index (Phi) is 6.18. The van der Waals surface area contributed by atoms with E-state index < -0.39 is 0 Å². The first-order valence-electron chi connectivity index (χ1n) is 16.7. The van der Waals surface area contributed by atoms with E-state index in [0.29, 0.717) is 0 Å². The van der Waals surface area contributed by atoms with E-state index >= 15 is 0 Å². The zero-order valence-corrected chi connectivity index (χ0v) is 26.6. The summed E-state index contributed by atoms with van der Waals surface area (Å²) in [6, 6.07) is 64.8. The summed E-state index contributed by atoms with van der Waals surface area (Å²) in [4.78, 5) is 2.35. The summed E-state index contributed by atoms with van der Waals surface area (Å²) in [5.41, 5.74) is 10.9. The van der Waals surface area contributed by atoms with Crippen molar-refractivity contribution in [2.24, 2.45) is 0 Å². The summed E-state index contributed by atoms with van der Waals surface area (Å²) < 4.78 is 9.08. The minimum atomic E-state index is 0.864. The van der Waals surface area contributed by atoms with E-state index in [1.807, 2.05) is 0 Å². The zero-order chi connectivity index (χ0) is 32.3. The fourth-order valence-corrected chi connectivity index (χ4v) is 7.57. The van der Waals surface area contributed by atoms with Crippen LogP contribution in [-0.2, 0) is 0 Å². The van der Waals surface area contributed by atoms with Gasteiger partial charge in [-0.3, -0.25) is 0 Å². The number of hydrogen-bond donors (Lipinski definition) is 0. The highest BCUT2D eigenvalue weighted by Crippen LogP contribution is 2.44. The molecule has 0 aliphatic rings. The molecular formula is C46H30N2O. The van der Waals surface area contributed by atoms with Gasteiger partial charge in [0.15, 0.2) is 0 Å². The van der Waals surface area contributed by atoms with Crippen molar-refractivity contribution < 1.29 is 4.42 Å². The van der Waals surface area contributed by atoms with Crippen LogP contribution in [0.1, 0.15) is 0 Å². The largest absolute Gasteiger partial charge is 0.456 e. The van der Waals surface area contributed by atoms with Crippen LogP contribution in [0.4, 0.5) is 17.1 Å². The first-order chi connectivity index (χ1) is 24.3. The van der Waals surface area contributed by atoms with Crippen molar-refractivity contribution in [1.82, 2.24) is 4.57 Å². The average molecular weight is 627 g/mol. The second-order valence-electron chi connectivity index (χ2n) is 12.6. The standard InChI is InChI=1S/C46H30N2O/c1-3-12-31(13-4-1)32-22-24-35(25-23-32)47(40-21-11-15-33-14-7-8-18-37(33)40)36-26-27-39-44(30-36)49-43-29-28-42-45(46(39)43)38-19-9-10-20-41(38)48(42)34-16-5-2-6-17-34/h1-30H. The molecule has 3 heteroatoms. The molecule has 0 unspecified atom stereocenters. The maximum Gasteiger partial charge on any atom is 0.137 e. The fourth-order valence-electron chi connectivity index (χ4n) is 7.57. The van der Waals surface area contributed by atoms with Gasteiger partial charge in [-0.1, -0.05) is 115 Å². The predicted octanol–water partition coefficient (Wildman–Crippen LogP) is 13.0.